The van der Waals surface area contributed by atoms with Crippen molar-refractivity contribution in [1.29, 1.82) is 0 Å². The highest BCUT2D eigenvalue weighted by molar-refractivity contribution is 5.92. The molecule has 1 aromatic carbocycles. The summed E-state index contributed by atoms with van der Waals surface area (Å²) in [6, 6.07) is 9.86. The molecule has 1 fully saturated rings. The van der Waals surface area contributed by atoms with Crippen LogP contribution in [0.25, 0.3) is 0 Å². The number of aliphatic hydroxyl groups is 1. The molecule has 1 aliphatic carbocycles. The van der Waals surface area contributed by atoms with Crippen molar-refractivity contribution in [2.45, 2.75) is 25.7 Å². The van der Waals surface area contributed by atoms with E-state index in [0.29, 0.717) is 0 Å². The van der Waals surface area contributed by atoms with Gasteiger partial charge in [-0.15, -0.1) is 0 Å². The molecule has 0 bridgehead atoms. The first-order chi connectivity index (χ1) is 8.70. The molecule has 0 aromatic heterocycles. The van der Waals surface area contributed by atoms with Crippen LogP contribution >= 0.6 is 0 Å². The Kier molecular flexibility index (Phi) is 3.71. The molecular weight excluding hydrogens is 226 g/mol. The lowest BCUT2D eigenvalue weighted by molar-refractivity contribution is -0.134. The van der Waals surface area contributed by atoms with Gasteiger partial charge in [-0.25, -0.2) is 0 Å². The fourth-order valence-electron chi connectivity index (χ4n) is 2.82. The molecule has 2 unspecified atom stereocenters. The Morgan fingerprint density at radius 2 is 1.94 bits per heavy atom. The second kappa shape index (κ2) is 5.11. The first kappa shape index (κ1) is 13.1. The molecule has 2 atom stereocenters. The predicted molar refractivity (Wildman–Crippen MR) is 71.2 cm³/mol. The van der Waals surface area contributed by atoms with Crippen molar-refractivity contribution in [2.24, 2.45) is 5.92 Å². The van der Waals surface area contributed by atoms with Crippen LogP contribution in [-0.4, -0.2) is 35.6 Å². The predicted octanol–water partition coefficient (Wildman–Crippen LogP) is 1.81. The van der Waals surface area contributed by atoms with Crippen molar-refractivity contribution in [3.63, 3.8) is 0 Å². The molecule has 1 saturated carbocycles. The Labute approximate surface area is 108 Å². The summed E-state index contributed by atoms with van der Waals surface area (Å²) in [5.41, 5.74) is 0.572. The van der Waals surface area contributed by atoms with Gasteiger partial charge in [0.15, 0.2) is 0 Å². The number of hydrogen-bond acceptors (Lipinski definition) is 2. The molecule has 2 rings (SSSR count). The van der Waals surface area contributed by atoms with E-state index in [4.69, 9.17) is 0 Å². The zero-order valence-electron chi connectivity index (χ0n) is 11.1. The summed E-state index contributed by atoms with van der Waals surface area (Å²) in [6.45, 7) is 5.53. The van der Waals surface area contributed by atoms with Crippen molar-refractivity contribution >= 4 is 5.91 Å². The summed E-state index contributed by atoms with van der Waals surface area (Å²) < 4.78 is 0. The van der Waals surface area contributed by atoms with E-state index in [1.165, 1.54) is 0 Å². The van der Waals surface area contributed by atoms with Crippen molar-refractivity contribution < 1.29 is 9.90 Å². The largest absolute Gasteiger partial charge is 0.396 e. The minimum Gasteiger partial charge on any atom is -0.396 e. The molecule has 0 heterocycles. The average molecular weight is 247 g/mol. The zero-order chi connectivity index (χ0) is 13.2. The van der Waals surface area contributed by atoms with Gasteiger partial charge in [0, 0.05) is 25.6 Å². The van der Waals surface area contributed by atoms with Crippen LogP contribution in [0, 0.1) is 5.92 Å². The van der Waals surface area contributed by atoms with Crippen molar-refractivity contribution in [3.05, 3.63) is 35.9 Å². The number of hydrogen-bond donors (Lipinski definition) is 1. The molecule has 0 spiro atoms. The van der Waals surface area contributed by atoms with E-state index in [0.717, 1.165) is 25.1 Å². The van der Waals surface area contributed by atoms with Gasteiger partial charge in [-0.2, -0.15) is 0 Å². The number of aliphatic hydroxyl groups excluding tert-OH is 1. The first-order valence-electron chi connectivity index (χ1n) is 6.66. The highest BCUT2D eigenvalue weighted by atomic mass is 16.3. The van der Waals surface area contributed by atoms with Crippen LogP contribution in [0.1, 0.15) is 25.8 Å². The zero-order valence-corrected chi connectivity index (χ0v) is 11.1. The number of benzene rings is 1. The van der Waals surface area contributed by atoms with E-state index >= 15 is 0 Å². The van der Waals surface area contributed by atoms with E-state index in [1.54, 1.807) is 0 Å². The second-order valence-corrected chi connectivity index (χ2v) is 4.90. The van der Waals surface area contributed by atoms with Crippen LogP contribution in [0.15, 0.2) is 30.3 Å². The summed E-state index contributed by atoms with van der Waals surface area (Å²) in [5.74, 6) is 0.241. The van der Waals surface area contributed by atoms with E-state index in [-0.39, 0.29) is 18.4 Å². The van der Waals surface area contributed by atoms with E-state index in [1.807, 2.05) is 49.1 Å². The molecule has 1 aromatic rings. The Bertz CT molecular complexity index is 414. The summed E-state index contributed by atoms with van der Waals surface area (Å²) in [7, 11) is 0. The monoisotopic (exact) mass is 247 g/mol. The minimum absolute atomic E-state index is 0.0769. The van der Waals surface area contributed by atoms with Crippen LogP contribution in [0.4, 0.5) is 0 Å². The maximum Gasteiger partial charge on any atom is 0.233 e. The van der Waals surface area contributed by atoms with Crippen LogP contribution in [-0.2, 0) is 10.2 Å². The number of amides is 1. The number of carbonyl (C=O) groups excluding carboxylic acids is 1. The van der Waals surface area contributed by atoms with Crippen LogP contribution in [0.5, 0.6) is 0 Å². The fourth-order valence-corrected chi connectivity index (χ4v) is 2.82. The highest BCUT2D eigenvalue weighted by Gasteiger charge is 2.61. The number of likely N-dealkylation sites (N-methyl/N-ethyl adjacent to an activating group) is 1. The topological polar surface area (TPSA) is 40.5 Å². The Morgan fingerprint density at radius 1 is 1.33 bits per heavy atom. The van der Waals surface area contributed by atoms with Gasteiger partial charge in [-0.1, -0.05) is 30.3 Å². The molecule has 0 radical (unpaired) electrons. The third kappa shape index (κ3) is 1.93. The van der Waals surface area contributed by atoms with Gasteiger partial charge in [0.1, 0.15) is 0 Å². The van der Waals surface area contributed by atoms with Gasteiger partial charge in [-0.05, 0) is 25.8 Å². The standard InChI is InChI=1S/C15H21NO2/c1-3-16(4-2)14(18)15(10-13(15)11-17)12-8-6-5-7-9-12/h5-9,13,17H,3-4,10-11H2,1-2H3. The second-order valence-electron chi connectivity index (χ2n) is 4.90. The SMILES string of the molecule is CCN(CC)C(=O)C1(c2ccccc2)CC1CO. The molecule has 3 nitrogen and oxygen atoms in total. The normalized spacial score (nSPS) is 25.8. The van der Waals surface area contributed by atoms with Crippen molar-refractivity contribution in [1.82, 2.24) is 4.90 Å². The number of carbonyl (C=O) groups is 1. The third-order valence-corrected chi connectivity index (χ3v) is 4.05. The molecule has 18 heavy (non-hydrogen) atoms. The Hall–Kier alpha value is -1.35. The Morgan fingerprint density at radius 3 is 2.39 bits per heavy atom. The van der Waals surface area contributed by atoms with Gasteiger partial charge in [-0.3, -0.25) is 4.79 Å². The van der Waals surface area contributed by atoms with Gasteiger partial charge >= 0.3 is 0 Å². The lowest BCUT2D eigenvalue weighted by Gasteiger charge is -2.26. The fraction of sp³-hybridized carbons (Fsp3) is 0.533. The molecular formula is C15H21NO2. The average Bonchev–Trinajstić information content (AvgIpc) is 3.17. The Balaban J connectivity index is 2.32. The van der Waals surface area contributed by atoms with Gasteiger partial charge in [0.2, 0.25) is 5.91 Å². The molecule has 0 aliphatic heterocycles. The van der Waals surface area contributed by atoms with Gasteiger partial charge in [0.05, 0.1) is 5.41 Å². The maximum absolute atomic E-state index is 12.7. The van der Waals surface area contributed by atoms with E-state index in [2.05, 4.69) is 0 Å². The van der Waals surface area contributed by atoms with Crippen LogP contribution in [0.3, 0.4) is 0 Å². The molecule has 1 aliphatic rings. The third-order valence-electron chi connectivity index (χ3n) is 4.05. The van der Waals surface area contributed by atoms with Crippen molar-refractivity contribution in [2.75, 3.05) is 19.7 Å². The molecule has 1 N–H and O–H groups in total. The molecule has 1 amide bonds. The molecule has 98 valence electrons. The quantitative estimate of drug-likeness (QED) is 0.862. The van der Waals surface area contributed by atoms with Crippen molar-refractivity contribution in [3.8, 4) is 0 Å². The lowest BCUT2D eigenvalue weighted by atomic mass is 9.91. The van der Waals surface area contributed by atoms with Crippen LogP contribution < -0.4 is 0 Å². The first-order valence-corrected chi connectivity index (χ1v) is 6.66. The maximum atomic E-state index is 12.7. The summed E-state index contributed by atoms with van der Waals surface area (Å²) in [6.07, 6.45) is 0.767. The van der Waals surface area contributed by atoms with Gasteiger partial charge in [0.25, 0.3) is 0 Å². The van der Waals surface area contributed by atoms with E-state index < -0.39 is 5.41 Å². The number of nitrogens with zero attached hydrogens (tertiary/aromatic N) is 1. The molecule has 3 heteroatoms. The van der Waals surface area contributed by atoms with E-state index in [9.17, 15) is 9.90 Å². The van der Waals surface area contributed by atoms with Gasteiger partial charge < -0.3 is 10.0 Å². The minimum atomic E-state index is -0.470. The lowest BCUT2D eigenvalue weighted by Crippen LogP contribution is -2.40. The smallest absolute Gasteiger partial charge is 0.233 e. The van der Waals surface area contributed by atoms with Crippen LogP contribution in [0.2, 0.25) is 0 Å². The summed E-state index contributed by atoms with van der Waals surface area (Å²) in [5, 5.41) is 9.41. The number of rotatable bonds is 5. The summed E-state index contributed by atoms with van der Waals surface area (Å²) >= 11 is 0. The molecule has 0 saturated heterocycles. The highest BCUT2D eigenvalue weighted by Crippen LogP contribution is 2.55. The summed E-state index contributed by atoms with van der Waals surface area (Å²) in [4.78, 5) is 14.5.